The average Bonchev–Trinajstić information content (AvgIpc) is 2.61. The van der Waals surface area contributed by atoms with Gasteiger partial charge in [0.05, 0.1) is 5.92 Å². The molecule has 5 atom stereocenters. The number of esters is 1. The lowest BCUT2D eigenvalue weighted by Gasteiger charge is -2.46. The highest BCUT2D eigenvalue weighted by Gasteiger charge is 2.58. The van der Waals surface area contributed by atoms with Gasteiger partial charge in [0.15, 0.2) is 0 Å². The molecule has 0 spiro atoms. The summed E-state index contributed by atoms with van der Waals surface area (Å²) in [6.45, 7) is 9.71. The molecule has 1 heterocycles. The van der Waals surface area contributed by atoms with Gasteiger partial charge in [-0.05, 0) is 38.2 Å². The van der Waals surface area contributed by atoms with Crippen molar-refractivity contribution in [1.82, 2.24) is 0 Å². The van der Waals surface area contributed by atoms with Crippen LogP contribution in [0.1, 0.15) is 46.5 Å². The average molecular weight is 264 g/mol. The molecule has 0 bridgehead atoms. The highest BCUT2D eigenvalue weighted by molar-refractivity contribution is 5.77. The molecule has 0 radical (unpaired) electrons. The second-order valence-corrected chi connectivity index (χ2v) is 6.28. The zero-order valence-corrected chi connectivity index (χ0v) is 12.1. The second kappa shape index (κ2) is 5.10. The summed E-state index contributed by atoms with van der Waals surface area (Å²) in [6, 6.07) is 0. The van der Waals surface area contributed by atoms with Crippen LogP contribution in [0.5, 0.6) is 0 Å². The summed E-state index contributed by atoms with van der Waals surface area (Å²) in [7, 11) is 0. The van der Waals surface area contributed by atoms with Gasteiger partial charge in [-0.25, -0.2) is 0 Å². The minimum atomic E-state index is -0.538. The van der Waals surface area contributed by atoms with Crippen LogP contribution in [0.4, 0.5) is 0 Å². The Balaban J connectivity index is 2.29. The molecular weight excluding hydrogens is 240 g/mol. The molecule has 1 aliphatic heterocycles. The lowest BCUT2D eigenvalue weighted by molar-refractivity contribution is -0.154. The van der Waals surface area contributed by atoms with Crippen molar-refractivity contribution in [3.05, 3.63) is 12.7 Å². The lowest BCUT2D eigenvalue weighted by Crippen LogP contribution is -2.48. The fourth-order valence-electron chi connectivity index (χ4n) is 4.03. The third-order valence-electron chi connectivity index (χ3n) is 5.16. The summed E-state index contributed by atoms with van der Waals surface area (Å²) in [5.74, 6) is 0.960. The number of fused-ring (bicyclic) bond motifs is 1. The van der Waals surface area contributed by atoms with E-state index in [1.165, 1.54) is 0 Å². The molecule has 1 saturated heterocycles. The Morgan fingerprint density at radius 2 is 2.16 bits per heavy atom. The van der Waals surface area contributed by atoms with E-state index in [0.29, 0.717) is 12.3 Å². The molecular formula is C16H24O3. The van der Waals surface area contributed by atoms with E-state index in [2.05, 4.69) is 13.5 Å². The third kappa shape index (κ3) is 2.24. The predicted molar refractivity (Wildman–Crippen MR) is 73.5 cm³/mol. The number of rotatable bonds is 4. The number of hydrogen-bond acceptors (Lipinski definition) is 3. The smallest absolute Gasteiger partial charge is 0.309 e. The molecule has 0 amide bonds. The van der Waals surface area contributed by atoms with Crippen LogP contribution in [-0.4, -0.2) is 17.4 Å². The Kier molecular flexibility index (Phi) is 3.84. The van der Waals surface area contributed by atoms with Gasteiger partial charge in [-0.1, -0.05) is 20.4 Å². The van der Waals surface area contributed by atoms with Gasteiger partial charge in [-0.2, -0.15) is 0 Å². The minimum Gasteiger partial charge on any atom is -0.454 e. The van der Waals surface area contributed by atoms with Gasteiger partial charge >= 0.3 is 5.97 Å². The first-order chi connectivity index (χ1) is 8.92. The largest absolute Gasteiger partial charge is 0.454 e. The summed E-state index contributed by atoms with van der Waals surface area (Å²) in [5, 5.41) is 0. The monoisotopic (exact) mass is 264 g/mol. The van der Waals surface area contributed by atoms with Crippen LogP contribution in [-0.2, 0) is 14.3 Å². The Labute approximate surface area is 115 Å². The molecule has 3 nitrogen and oxygen atoms in total. The Bertz CT molecular complexity index is 401. The molecule has 3 heteroatoms. The van der Waals surface area contributed by atoms with E-state index >= 15 is 0 Å². The topological polar surface area (TPSA) is 43.4 Å². The van der Waals surface area contributed by atoms with E-state index in [-0.39, 0.29) is 29.5 Å². The van der Waals surface area contributed by atoms with Gasteiger partial charge in [-0.3, -0.25) is 4.79 Å². The first kappa shape index (κ1) is 14.3. The van der Waals surface area contributed by atoms with Gasteiger partial charge in [0.25, 0.3) is 0 Å². The fraction of sp³-hybridized carbons (Fsp3) is 0.750. The molecule has 19 heavy (non-hydrogen) atoms. The van der Waals surface area contributed by atoms with Crippen LogP contribution in [0.15, 0.2) is 12.7 Å². The van der Waals surface area contributed by atoms with Crippen LogP contribution in [0, 0.1) is 23.7 Å². The van der Waals surface area contributed by atoms with Crippen molar-refractivity contribution >= 4 is 11.8 Å². The van der Waals surface area contributed by atoms with Gasteiger partial charge in [0.2, 0.25) is 0 Å². The molecule has 2 rings (SSSR count). The second-order valence-electron chi connectivity index (χ2n) is 6.28. The van der Waals surface area contributed by atoms with Crippen molar-refractivity contribution in [3.63, 3.8) is 0 Å². The zero-order valence-electron chi connectivity index (χ0n) is 12.1. The first-order valence-electron chi connectivity index (χ1n) is 7.28. The lowest BCUT2D eigenvalue weighted by atomic mass is 9.61. The summed E-state index contributed by atoms with van der Waals surface area (Å²) in [6.07, 6.45) is 5.29. The summed E-state index contributed by atoms with van der Waals surface area (Å²) in [4.78, 5) is 23.2. The van der Waals surface area contributed by atoms with Crippen molar-refractivity contribution in [3.8, 4) is 0 Å². The minimum absolute atomic E-state index is 0.0506. The van der Waals surface area contributed by atoms with Gasteiger partial charge in [0.1, 0.15) is 11.4 Å². The Morgan fingerprint density at radius 1 is 1.47 bits per heavy atom. The predicted octanol–water partition coefficient (Wildman–Crippen LogP) is 3.14. The van der Waals surface area contributed by atoms with E-state index in [0.717, 1.165) is 19.3 Å². The molecule has 0 unspecified atom stereocenters. The molecule has 1 saturated carbocycles. The maximum atomic E-state index is 12.0. The number of hydrogen-bond donors (Lipinski definition) is 0. The Morgan fingerprint density at radius 3 is 2.74 bits per heavy atom. The van der Waals surface area contributed by atoms with E-state index in [4.69, 9.17) is 4.74 Å². The molecule has 0 aromatic rings. The summed E-state index contributed by atoms with van der Waals surface area (Å²) in [5.41, 5.74) is -0.538. The van der Waals surface area contributed by atoms with Gasteiger partial charge in [0, 0.05) is 18.3 Å². The molecule has 0 N–H and O–H groups in total. The van der Waals surface area contributed by atoms with Crippen molar-refractivity contribution in [2.75, 3.05) is 0 Å². The number of Topliss-reactive ketones (excluding diaryl/α,β-unsaturated/α-hetero) is 1. The fourth-order valence-corrected chi connectivity index (χ4v) is 4.03. The standard InChI is InChI=1S/C16H24O3/c1-5-16-13(9-7-11(3)17)10(2)6-8-14(16)12(4)15(18)19-16/h5,10,12-14H,1,6-9H2,2-4H3/t10-,12-,13+,14+,16+/m1/s1. The SMILES string of the molecule is C=C[C@@]12OC(=O)[C@H](C)[C@@H]1CC[C@@H](C)[C@@H]2CCC(C)=O. The third-order valence-corrected chi connectivity index (χ3v) is 5.16. The highest BCUT2D eigenvalue weighted by Crippen LogP contribution is 2.53. The zero-order chi connectivity index (χ0) is 14.2. The quantitative estimate of drug-likeness (QED) is 0.578. The van der Waals surface area contributed by atoms with E-state index in [1.807, 2.05) is 13.0 Å². The van der Waals surface area contributed by atoms with E-state index in [9.17, 15) is 9.59 Å². The van der Waals surface area contributed by atoms with Crippen molar-refractivity contribution in [2.45, 2.75) is 52.1 Å². The number of carbonyl (C=O) groups excluding carboxylic acids is 2. The maximum absolute atomic E-state index is 12.0. The van der Waals surface area contributed by atoms with Crippen LogP contribution in [0.25, 0.3) is 0 Å². The number of ether oxygens (including phenoxy) is 1. The van der Waals surface area contributed by atoms with Crippen LogP contribution >= 0.6 is 0 Å². The molecule has 2 aliphatic rings. The van der Waals surface area contributed by atoms with Crippen molar-refractivity contribution in [1.29, 1.82) is 0 Å². The normalized spacial score (nSPS) is 41.5. The molecule has 0 aromatic heterocycles. The maximum Gasteiger partial charge on any atom is 0.309 e. The summed E-state index contributed by atoms with van der Waals surface area (Å²) >= 11 is 0. The summed E-state index contributed by atoms with van der Waals surface area (Å²) < 4.78 is 5.76. The molecule has 2 fully saturated rings. The number of carbonyl (C=O) groups is 2. The van der Waals surface area contributed by atoms with E-state index < -0.39 is 5.60 Å². The van der Waals surface area contributed by atoms with Crippen molar-refractivity contribution < 1.29 is 14.3 Å². The van der Waals surface area contributed by atoms with Crippen LogP contribution in [0.2, 0.25) is 0 Å². The Hall–Kier alpha value is -1.12. The molecule has 0 aromatic carbocycles. The number of ketones is 1. The van der Waals surface area contributed by atoms with Crippen LogP contribution in [0.3, 0.4) is 0 Å². The first-order valence-corrected chi connectivity index (χ1v) is 7.28. The van der Waals surface area contributed by atoms with Gasteiger partial charge in [-0.15, -0.1) is 0 Å². The highest BCUT2D eigenvalue weighted by atomic mass is 16.6. The van der Waals surface area contributed by atoms with Gasteiger partial charge < -0.3 is 9.53 Å². The van der Waals surface area contributed by atoms with Crippen molar-refractivity contribution in [2.24, 2.45) is 23.7 Å². The molecule has 106 valence electrons. The van der Waals surface area contributed by atoms with Crippen LogP contribution < -0.4 is 0 Å². The van der Waals surface area contributed by atoms with E-state index in [1.54, 1.807) is 6.92 Å². The molecule has 1 aliphatic carbocycles.